The summed E-state index contributed by atoms with van der Waals surface area (Å²) >= 11 is 0. The quantitative estimate of drug-likeness (QED) is 0.526. The fourth-order valence-corrected chi connectivity index (χ4v) is 0.657. The summed E-state index contributed by atoms with van der Waals surface area (Å²) in [5, 5.41) is 8.33. The van der Waals surface area contributed by atoms with Gasteiger partial charge < -0.3 is 5.11 Å². The molecule has 0 spiro atoms. The summed E-state index contributed by atoms with van der Waals surface area (Å²) < 4.78 is 0. The lowest BCUT2D eigenvalue weighted by Crippen LogP contribution is -2.12. The Hall–Kier alpha value is -0.860. The van der Waals surface area contributed by atoms with Crippen molar-refractivity contribution in [2.75, 3.05) is 6.54 Å². The van der Waals surface area contributed by atoms with Crippen LogP contribution in [0.4, 0.5) is 0 Å². The molecular formula is C5H7NO2. The van der Waals surface area contributed by atoms with Crippen LogP contribution < -0.4 is 0 Å². The Morgan fingerprint density at radius 3 is 2.88 bits per heavy atom. The molecule has 1 rings (SSSR count). The molecule has 0 aromatic heterocycles. The van der Waals surface area contributed by atoms with Crippen molar-refractivity contribution in [1.29, 1.82) is 0 Å². The second kappa shape index (κ2) is 1.94. The van der Waals surface area contributed by atoms with Crippen LogP contribution in [0.2, 0.25) is 0 Å². The van der Waals surface area contributed by atoms with E-state index in [1.54, 1.807) is 6.21 Å². The summed E-state index contributed by atoms with van der Waals surface area (Å²) in [5.74, 6) is -0.975. The van der Waals surface area contributed by atoms with Gasteiger partial charge in [0.15, 0.2) is 0 Å². The van der Waals surface area contributed by atoms with Crippen LogP contribution in [0.3, 0.4) is 0 Å². The van der Waals surface area contributed by atoms with E-state index in [1.807, 2.05) is 0 Å². The fraction of sp³-hybridized carbons (Fsp3) is 0.600. The molecule has 44 valence electrons. The van der Waals surface area contributed by atoms with Crippen LogP contribution in [0, 0.1) is 5.92 Å². The number of aliphatic imine (C=N–C) groups is 1. The van der Waals surface area contributed by atoms with Gasteiger partial charge in [-0.2, -0.15) is 0 Å². The van der Waals surface area contributed by atoms with Gasteiger partial charge in [-0.3, -0.25) is 9.79 Å². The number of carboxylic acid groups (broad SMARTS) is 1. The van der Waals surface area contributed by atoms with E-state index >= 15 is 0 Å². The van der Waals surface area contributed by atoms with Crippen LogP contribution >= 0.6 is 0 Å². The van der Waals surface area contributed by atoms with Crippen LogP contribution in [0.25, 0.3) is 0 Å². The maximum Gasteiger partial charge on any atom is 0.308 e. The molecule has 0 radical (unpaired) electrons. The first-order valence-electron chi connectivity index (χ1n) is 2.52. The standard InChI is InChI=1S/C5H7NO2/c7-5(8)4-1-2-6-3-4/h2,4H,1,3H2,(H,7,8). The number of aliphatic carboxylic acids is 1. The molecule has 1 aliphatic rings. The number of carbonyl (C=O) groups is 1. The molecular weight excluding hydrogens is 106 g/mol. The average molecular weight is 113 g/mol. The van der Waals surface area contributed by atoms with Crippen molar-refractivity contribution >= 4 is 12.2 Å². The molecule has 0 saturated carbocycles. The van der Waals surface area contributed by atoms with Crippen molar-refractivity contribution in [3.63, 3.8) is 0 Å². The molecule has 1 N–H and O–H groups in total. The Morgan fingerprint density at radius 2 is 2.62 bits per heavy atom. The molecule has 0 bridgehead atoms. The number of rotatable bonds is 1. The number of carboxylic acids is 1. The SMILES string of the molecule is O=C(O)C1CC=NC1. The van der Waals surface area contributed by atoms with E-state index in [0.29, 0.717) is 13.0 Å². The Balaban J connectivity index is 2.41. The van der Waals surface area contributed by atoms with Crippen molar-refractivity contribution in [2.45, 2.75) is 6.42 Å². The summed E-state index contributed by atoms with van der Waals surface area (Å²) in [6.07, 6.45) is 2.27. The maximum atomic E-state index is 10.1. The van der Waals surface area contributed by atoms with Crippen molar-refractivity contribution in [3.05, 3.63) is 0 Å². The van der Waals surface area contributed by atoms with Crippen molar-refractivity contribution in [2.24, 2.45) is 10.9 Å². The lowest BCUT2D eigenvalue weighted by Gasteiger charge is -1.96. The molecule has 1 aliphatic heterocycles. The summed E-state index contributed by atoms with van der Waals surface area (Å²) in [7, 11) is 0. The predicted molar refractivity (Wildman–Crippen MR) is 29.1 cm³/mol. The van der Waals surface area contributed by atoms with Crippen LogP contribution in [0.15, 0.2) is 4.99 Å². The Morgan fingerprint density at radius 1 is 1.88 bits per heavy atom. The van der Waals surface area contributed by atoms with Gasteiger partial charge >= 0.3 is 5.97 Å². The lowest BCUT2D eigenvalue weighted by atomic mass is 10.1. The predicted octanol–water partition coefficient (Wildman–Crippen LogP) is 0.162. The van der Waals surface area contributed by atoms with E-state index in [0.717, 1.165) is 0 Å². The van der Waals surface area contributed by atoms with E-state index in [1.165, 1.54) is 0 Å². The second-order valence-corrected chi connectivity index (χ2v) is 1.82. The first-order chi connectivity index (χ1) is 3.80. The molecule has 1 atom stereocenters. The summed E-state index contributed by atoms with van der Waals surface area (Å²) in [6.45, 7) is 0.468. The summed E-state index contributed by atoms with van der Waals surface area (Å²) in [5.41, 5.74) is 0. The molecule has 0 fully saturated rings. The fourth-order valence-electron chi connectivity index (χ4n) is 0.657. The van der Waals surface area contributed by atoms with Crippen LogP contribution in [0.5, 0.6) is 0 Å². The third kappa shape index (κ3) is 0.857. The normalized spacial score (nSPS) is 26.2. The second-order valence-electron chi connectivity index (χ2n) is 1.82. The van der Waals surface area contributed by atoms with E-state index in [2.05, 4.69) is 4.99 Å². The maximum absolute atomic E-state index is 10.1. The highest BCUT2D eigenvalue weighted by molar-refractivity contribution is 5.77. The van der Waals surface area contributed by atoms with E-state index in [9.17, 15) is 4.79 Å². The van der Waals surface area contributed by atoms with Gasteiger partial charge in [-0.15, -0.1) is 0 Å². The molecule has 0 aromatic carbocycles. The lowest BCUT2D eigenvalue weighted by molar-refractivity contribution is -0.140. The van der Waals surface area contributed by atoms with Gasteiger partial charge in [0.05, 0.1) is 12.5 Å². The summed E-state index contributed by atoms with van der Waals surface area (Å²) in [4.78, 5) is 13.9. The van der Waals surface area contributed by atoms with Gasteiger partial charge in [0.25, 0.3) is 0 Å². The van der Waals surface area contributed by atoms with Crippen molar-refractivity contribution in [3.8, 4) is 0 Å². The van der Waals surface area contributed by atoms with Crippen LogP contribution in [-0.2, 0) is 4.79 Å². The van der Waals surface area contributed by atoms with Crippen LogP contribution in [-0.4, -0.2) is 23.8 Å². The molecule has 3 nitrogen and oxygen atoms in total. The highest BCUT2D eigenvalue weighted by Crippen LogP contribution is 2.07. The number of nitrogens with zero attached hydrogens (tertiary/aromatic N) is 1. The van der Waals surface area contributed by atoms with Gasteiger partial charge in [-0.05, 0) is 12.6 Å². The molecule has 1 heterocycles. The van der Waals surface area contributed by atoms with Gasteiger partial charge in [-0.1, -0.05) is 0 Å². The molecule has 1 unspecified atom stereocenters. The molecule has 8 heavy (non-hydrogen) atoms. The van der Waals surface area contributed by atoms with Gasteiger partial charge in [0.2, 0.25) is 0 Å². The minimum absolute atomic E-state index is 0.241. The molecule has 0 aromatic rings. The Bertz CT molecular complexity index is 122. The molecule has 0 aliphatic carbocycles. The van der Waals surface area contributed by atoms with Gasteiger partial charge in [-0.25, -0.2) is 0 Å². The Labute approximate surface area is 47.0 Å². The minimum Gasteiger partial charge on any atom is -0.481 e. The molecule has 3 heteroatoms. The van der Waals surface area contributed by atoms with Crippen LogP contribution in [0.1, 0.15) is 6.42 Å². The third-order valence-corrected chi connectivity index (χ3v) is 1.19. The largest absolute Gasteiger partial charge is 0.481 e. The zero-order chi connectivity index (χ0) is 5.98. The van der Waals surface area contributed by atoms with E-state index in [4.69, 9.17) is 5.11 Å². The topological polar surface area (TPSA) is 49.7 Å². The third-order valence-electron chi connectivity index (χ3n) is 1.19. The Kier molecular flexibility index (Phi) is 1.28. The molecule has 0 saturated heterocycles. The smallest absolute Gasteiger partial charge is 0.308 e. The monoisotopic (exact) mass is 113 g/mol. The highest BCUT2D eigenvalue weighted by Gasteiger charge is 2.18. The zero-order valence-electron chi connectivity index (χ0n) is 4.37. The zero-order valence-corrected chi connectivity index (χ0v) is 4.37. The average Bonchev–Trinajstić information content (AvgIpc) is 2.12. The highest BCUT2D eigenvalue weighted by atomic mass is 16.4. The van der Waals surface area contributed by atoms with Crippen molar-refractivity contribution in [1.82, 2.24) is 0 Å². The number of hydrogen-bond donors (Lipinski definition) is 1. The van der Waals surface area contributed by atoms with Gasteiger partial charge in [0, 0.05) is 0 Å². The molecule has 0 amide bonds. The number of hydrogen-bond acceptors (Lipinski definition) is 2. The minimum atomic E-state index is -0.734. The van der Waals surface area contributed by atoms with Crippen molar-refractivity contribution < 1.29 is 9.90 Å². The van der Waals surface area contributed by atoms with E-state index in [-0.39, 0.29) is 5.92 Å². The first-order valence-corrected chi connectivity index (χ1v) is 2.52. The first kappa shape index (κ1) is 5.28. The summed E-state index contributed by atoms with van der Waals surface area (Å²) in [6, 6.07) is 0. The van der Waals surface area contributed by atoms with E-state index < -0.39 is 5.97 Å². The van der Waals surface area contributed by atoms with Gasteiger partial charge in [0.1, 0.15) is 0 Å².